The number of hydrogen-bond acceptors (Lipinski definition) is 8. The van der Waals surface area contributed by atoms with E-state index < -0.39 is 0 Å². The predicted molar refractivity (Wildman–Crippen MR) is 147 cm³/mol. The number of anilines is 1. The molecule has 3 fully saturated rings. The van der Waals surface area contributed by atoms with Crippen molar-refractivity contribution in [1.82, 2.24) is 24.5 Å². The minimum absolute atomic E-state index is 0.515. The Morgan fingerprint density at radius 2 is 1.97 bits per heavy atom. The Labute approximate surface area is 226 Å². The molecule has 0 aromatic carbocycles. The first kappa shape index (κ1) is 23.8. The second-order valence-corrected chi connectivity index (χ2v) is 10.4. The van der Waals surface area contributed by atoms with Crippen LogP contribution in [0.2, 0.25) is 0 Å². The van der Waals surface area contributed by atoms with Crippen LogP contribution in [-0.2, 0) is 11.3 Å². The number of rotatable bonds is 6. The molecule has 0 amide bonds. The van der Waals surface area contributed by atoms with Crippen molar-refractivity contribution in [2.45, 2.75) is 31.5 Å². The summed E-state index contributed by atoms with van der Waals surface area (Å²) in [5.74, 6) is 1.64. The number of fused-ring (bicyclic) bond motifs is 3. The van der Waals surface area contributed by atoms with E-state index in [-0.39, 0.29) is 0 Å². The van der Waals surface area contributed by atoms with Gasteiger partial charge < -0.3 is 14.4 Å². The van der Waals surface area contributed by atoms with Gasteiger partial charge in [0, 0.05) is 67.5 Å². The van der Waals surface area contributed by atoms with Crippen LogP contribution in [0, 0.1) is 11.3 Å². The molecule has 9 heteroatoms. The summed E-state index contributed by atoms with van der Waals surface area (Å²) in [6, 6.07) is 13.7. The molecule has 4 aromatic heterocycles. The van der Waals surface area contributed by atoms with Crippen molar-refractivity contribution in [3.8, 4) is 23.1 Å². The molecule has 4 aromatic rings. The first-order valence-electron chi connectivity index (χ1n) is 13.3. The quantitative estimate of drug-likeness (QED) is 0.378. The van der Waals surface area contributed by atoms with E-state index in [2.05, 4.69) is 56.3 Å². The van der Waals surface area contributed by atoms with E-state index in [4.69, 9.17) is 14.5 Å². The van der Waals surface area contributed by atoms with Crippen LogP contribution in [0.4, 0.5) is 5.82 Å². The Bertz CT molecular complexity index is 1570. The maximum Gasteiger partial charge on any atom is 0.212 e. The molecule has 2 unspecified atom stereocenters. The van der Waals surface area contributed by atoms with Crippen LogP contribution in [-0.4, -0.2) is 70.0 Å². The molecule has 0 spiro atoms. The predicted octanol–water partition coefficient (Wildman–Crippen LogP) is 3.94. The number of pyridine rings is 3. The third kappa shape index (κ3) is 4.32. The molecule has 0 N–H and O–H groups in total. The molecule has 39 heavy (non-hydrogen) atoms. The Hall–Kier alpha value is -4.26. The fourth-order valence-corrected chi connectivity index (χ4v) is 6.09. The highest BCUT2D eigenvalue weighted by atomic mass is 16.5. The summed E-state index contributed by atoms with van der Waals surface area (Å²) in [5.41, 5.74) is 6.87. The van der Waals surface area contributed by atoms with E-state index in [1.165, 1.54) is 17.6 Å². The number of methoxy groups -OCH3 is 1. The summed E-state index contributed by atoms with van der Waals surface area (Å²) in [6.45, 7) is 4.17. The van der Waals surface area contributed by atoms with Crippen molar-refractivity contribution in [2.24, 2.45) is 0 Å². The zero-order valence-electron chi connectivity index (χ0n) is 21.8. The van der Waals surface area contributed by atoms with E-state index in [0.717, 1.165) is 54.1 Å². The lowest BCUT2D eigenvalue weighted by atomic mass is 9.87. The first-order chi connectivity index (χ1) is 19.2. The van der Waals surface area contributed by atoms with Crippen LogP contribution in [0.3, 0.4) is 0 Å². The Morgan fingerprint density at radius 1 is 1.08 bits per heavy atom. The summed E-state index contributed by atoms with van der Waals surface area (Å²) >= 11 is 0. The fraction of sp³-hybridized carbons (Fsp3) is 0.333. The van der Waals surface area contributed by atoms with Crippen LogP contribution < -0.4 is 9.64 Å². The van der Waals surface area contributed by atoms with Gasteiger partial charge in [0.2, 0.25) is 5.88 Å². The number of nitriles is 1. The van der Waals surface area contributed by atoms with Crippen molar-refractivity contribution in [2.75, 3.05) is 38.3 Å². The largest absolute Gasteiger partial charge is 0.481 e. The van der Waals surface area contributed by atoms with Gasteiger partial charge in [0.25, 0.3) is 0 Å². The van der Waals surface area contributed by atoms with Crippen LogP contribution in [0.25, 0.3) is 22.2 Å². The van der Waals surface area contributed by atoms with E-state index in [1.807, 2.05) is 29.2 Å². The van der Waals surface area contributed by atoms with Gasteiger partial charge in [-0.3, -0.25) is 4.90 Å². The molecule has 0 radical (unpaired) electrons. The first-order valence-corrected chi connectivity index (χ1v) is 13.3. The summed E-state index contributed by atoms with van der Waals surface area (Å²) in [4.78, 5) is 14.2. The van der Waals surface area contributed by atoms with Crippen LogP contribution in [0.1, 0.15) is 29.5 Å². The van der Waals surface area contributed by atoms with Crippen LogP contribution >= 0.6 is 0 Å². The molecule has 8 rings (SSSR count). The van der Waals surface area contributed by atoms with Crippen molar-refractivity contribution >= 4 is 16.9 Å². The zero-order valence-corrected chi connectivity index (χ0v) is 21.8. The number of nitrogens with zero attached hydrogens (tertiary/aromatic N) is 7. The molecule has 196 valence electrons. The van der Waals surface area contributed by atoms with Gasteiger partial charge in [-0.05, 0) is 47.7 Å². The Morgan fingerprint density at radius 3 is 2.67 bits per heavy atom. The van der Waals surface area contributed by atoms with E-state index >= 15 is 0 Å². The maximum absolute atomic E-state index is 9.73. The lowest BCUT2D eigenvalue weighted by molar-refractivity contribution is -0.00876. The normalized spacial score (nSPS) is 20.8. The summed E-state index contributed by atoms with van der Waals surface area (Å²) < 4.78 is 12.5. The maximum atomic E-state index is 9.73. The average Bonchev–Trinajstić information content (AvgIpc) is 3.43. The van der Waals surface area contributed by atoms with Gasteiger partial charge >= 0.3 is 0 Å². The van der Waals surface area contributed by atoms with Gasteiger partial charge in [-0.2, -0.15) is 10.4 Å². The standard InChI is InChI=1S/C30H29N7O2/c1-38-29-5-2-20(13-33-29)16-36-25-11-26(36)19-35(18-25)28-4-3-22(14-32-28)27-10-23(21-6-8-39-9-7-21)17-37-30(27)24(12-31)15-34-37/h2-6,10,13-15,17,25-26H,7-9,11,16,18-19H2,1H3. The monoisotopic (exact) mass is 519 g/mol. The number of hydrogen-bond donors (Lipinski definition) is 0. The highest BCUT2D eigenvalue weighted by Crippen LogP contribution is 2.37. The lowest BCUT2D eigenvalue weighted by Crippen LogP contribution is -2.68. The summed E-state index contributed by atoms with van der Waals surface area (Å²) in [5, 5.41) is 14.2. The summed E-state index contributed by atoms with van der Waals surface area (Å²) in [7, 11) is 1.64. The molecule has 0 saturated carbocycles. The molecule has 2 atom stereocenters. The highest BCUT2D eigenvalue weighted by molar-refractivity contribution is 5.87. The Kier molecular flexibility index (Phi) is 5.99. The smallest absolute Gasteiger partial charge is 0.212 e. The molecule has 8 heterocycles. The third-order valence-corrected chi connectivity index (χ3v) is 8.17. The fourth-order valence-electron chi connectivity index (χ4n) is 6.09. The van der Waals surface area contributed by atoms with Gasteiger partial charge in [0.1, 0.15) is 11.9 Å². The zero-order chi connectivity index (χ0) is 26.3. The van der Waals surface area contributed by atoms with Crippen molar-refractivity contribution in [1.29, 1.82) is 5.26 Å². The van der Waals surface area contributed by atoms with Gasteiger partial charge in [-0.1, -0.05) is 12.1 Å². The van der Waals surface area contributed by atoms with Crippen molar-refractivity contribution < 1.29 is 9.47 Å². The van der Waals surface area contributed by atoms with E-state index in [0.29, 0.717) is 36.7 Å². The highest BCUT2D eigenvalue weighted by Gasteiger charge is 2.44. The Balaban J connectivity index is 1.11. The number of ether oxygens (including phenoxy) is 2. The second kappa shape index (κ2) is 9.80. The molecule has 9 nitrogen and oxygen atoms in total. The molecule has 0 aliphatic carbocycles. The minimum atomic E-state index is 0.515. The van der Waals surface area contributed by atoms with Gasteiger partial charge in [0.05, 0.1) is 37.6 Å². The van der Waals surface area contributed by atoms with Gasteiger partial charge in [-0.25, -0.2) is 14.5 Å². The molecule has 2 bridgehead atoms. The molecular weight excluding hydrogens is 490 g/mol. The van der Waals surface area contributed by atoms with Gasteiger partial charge in [0.15, 0.2) is 0 Å². The second-order valence-electron chi connectivity index (χ2n) is 10.4. The average molecular weight is 520 g/mol. The minimum Gasteiger partial charge on any atom is -0.481 e. The molecule has 4 aliphatic heterocycles. The van der Waals surface area contributed by atoms with E-state index in [1.54, 1.807) is 13.3 Å². The molecule has 4 aliphatic rings. The lowest BCUT2D eigenvalue weighted by Gasteiger charge is -2.56. The third-order valence-electron chi connectivity index (χ3n) is 8.17. The van der Waals surface area contributed by atoms with Crippen LogP contribution in [0.15, 0.2) is 61.2 Å². The van der Waals surface area contributed by atoms with Crippen molar-refractivity contribution in [3.05, 3.63) is 77.9 Å². The van der Waals surface area contributed by atoms with Crippen LogP contribution in [0.5, 0.6) is 5.88 Å². The molecular formula is C30H29N7O2. The van der Waals surface area contributed by atoms with E-state index in [9.17, 15) is 5.26 Å². The topological polar surface area (TPSA) is 91.8 Å². The van der Waals surface area contributed by atoms with Gasteiger partial charge in [-0.15, -0.1) is 0 Å². The van der Waals surface area contributed by atoms with Crippen molar-refractivity contribution in [3.63, 3.8) is 0 Å². The molecule has 3 saturated heterocycles. The summed E-state index contributed by atoms with van der Waals surface area (Å²) in [6.07, 6.45) is 11.7. The number of piperidine rings is 1. The number of piperazine rings is 1. The SMILES string of the molecule is COc1ccc(CN2C3CC2CN(c2ccc(-c4cc(C5=CCOCC5)cn5ncc(C#N)c45)cn2)C3)cn1. The number of aromatic nitrogens is 4.